The van der Waals surface area contributed by atoms with Crippen LogP contribution < -0.4 is 0 Å². The van der Waals surface area contributed by atoms with Gasteiger partial charge in [0.2, 0.25) is 6.10 Å². The monoisotopic (exact) mass is 450 g/mol. The van der Waals surface area contributed by atoms with Crippen LogP contribution >= 0.6 is 0 Å². The number of aromatic hydroxyl groups is 5. The summed E-state index contributed by atoms with van der Waals surface area (Å²) in [6.07, 6.45) is -2.04. The van der Waals surface area contributed by atoms with Gasteiger partial charge in [-0.1, -0.05) is 6.07 Å². The number of phenols is 5. The number of rotatable bonds is 8. The van der Waals surface area contributed by atoms with Crippen LogP contribution in [0.3, 0.4) is 0 Å². The summed E-state index contributed by atoms with van der Waals surface area (Å²) in [5.74, 6) is -7.56. The van der Waals surface area contributed by atoms with Crippen molar-refractivity contribution in [2.24, 2.45) is 0 Å². The Bertz CT molecular complexity index is 1040. The topological polar surface area (TPSA) is 211 Å². The normalized spacial score (nSPS) is 12.8. The molecule has 0 aliphatic rings. The number of aliphatic carboxylic acids is 1. The van der Waals surface area contributed by atoms with Crippen molar-refractivity contribution in [2.45, 2.75) is 12.2 Å². The number of hydrogen-bond donors (Lipinski definition) is 7. The molecule has 0 heterocycles. The smallest absolute Gasteiger partial charge is 0.347 e. The van der Waals surface area contributed by atoms with Gasteiger partial charge in [0.25, 0.3) is 0 Å². The Hall–Kier alpha value is -4.45. The summed E-state index contributed by atoms with van der Waals surface area (Å²) in [6.45, 7) is -0.875. The number of esters is 2. The number of benzene rings is 2. The lowest BCUT2D eigenvalue weighted by Crippen LogP contribution is -2.41. The highest BCUT2D eigenvalue weighted by Gasteiger charge is 2.32. The molecule has 0 amide bonds. The van der Waals surface area contributed by atoms with E-state index < -0.39 is 65.3 Å². The van der Waals surface area contributed by atoms with E-state index in [-0.39, 0.29) is 5.75 Å². The number of aliphatic hydroxyl groups is 1. The molecule has 0 bridgehead atoms. The standard InChI is InChI=1S/C20H18O12/c21-11-3-1-9(5-12(11)22)2-4-16(26)31-8-15(25)18(19(28)29)32-20(30)10-6-13(23)17(27)14(24)7-10/h1-7,15,18,21-25,27H,8H2,(H,28,29). The van der Waals surface area contributed by atoms with Crippen molar-refractivity contribution in [3.8, 4) is 28.7 Å². The maximum atomic E-state index is 12.1. The molecule has 0 saturated heterocycles. The number of ether oxygens (including phenoxy) is 2. The highest BCUT2D eigenvalue weighted by atomic mass is 16.6. The molecule has 32 heavy (non-hydrogen) atoms. The quantitative estimate of drug-likeness (QED) is 0.166. The van der Waals surface area contributed by atoms with E-state index in [4.69, 9.17) is 4.74 Å². The van der Waals surface area contributed by atoms with Crippen molar-refractivity contribution in [2.75, 3.05) is 6.61 Å². The fourth-order valence-corrected chi connectivity index (χ4v) is 2.31. The van der Waals surface area contributed by atoms with Gasteiger partial charge in [-0.2, -0.15) is 0 Å². The molecular formula is C20H18O12. The fraction of sp³-hybridized carbons (Fsp3) is 0.150. The maximum Gasteiger partial charge on any atom is 0.347 e. The van der Waals surface area contributed by atoms with Gasteiger partial charge in [-0.25, -0.2) is 14.4 Å². The van der Waals surface area contributed by atoms with Gasteiger partial charge in [0.15, 0.2) is 28.7 Å². The first-order valence-electron chi connectivity index (χ1n) is 8.73. The molecule has 0 radical (unpaired) electrons. The third-order valence-electron chi connectivity index (χ3n) is 3.94. The van der Waals surface area contributed by atoms with Crippen LogP contribution in [-0.2, 0) is 19.1 Å². The van der Waals surface area contributed by atoms with Gasteiger partial charge in [-0.05, 0) is 35.9 Å². The largest absolute Gasteiger partial charge is 0.504 e. The molecule has 0 aliphatic carbocycles. The molecule has 2 rings (SSSR count). The van der Waals surface area contributed by atoms with Gasteiger partial charge in [-0.3, -0.25) is 0 Å². The van der Waals surface area contributed by atoms with Crippen LogP contribution in [0.5, 0.6) is 28.7 Å². The number of carboxylic acid groups (broad SMARTS) is 1. The van der Waals surface area contributed by atoms with E-state index in [1.165, 1.54) is 18.2 Å². The van der Waals surface area contributed by atoms with Gasteiger partial charge >= 0.3 is 17.9 Å². The predicted octanol–water partition coefficient (Wildman–Crippen LogP) is 0.442. The Morgan fingerprint density at radius 3 is 2.09 bits per heavy atom. The highest BCUT2D eigenvalue weighted by molar-refractivity contribution is 5.93. The summed E-state index contributed by atoms with van der Waals surface area (Å²) >= 11 is 0. The lowest BCUT2D eigenvalue weighted by Gasteiger charge is -2.19. The van der Waals surface area contributed by atoms with Crippen molar-refractivity contribution >= 4 is 24.0 Å². The molecule has 7 N–H and O–H groups in total. The molecule has 0 aromatic heterocycles. The Balaban J connectivity index is 1.99. The molecule has 12 nitrogen and oxygen atoms in total. The van der Waals surface area contributed by atoms with Crippen molar-refractivity contribution in [1.29, 1.82) is 0 Å². The number of carboxylic acids is 1. The summed E-state index contributed by atoms with van der Waals surface area (Å²) in [6, 6.07) is 5.13. The van der Waals surface area contributed by atoms with E-state index in [9.17, 15) is 50.1 Å². The predicted molar refractivity (Wildman–Crippen MR) is 104 cm³/mol. The lowest BCUT2D eigenvalue weighted by atomic mass is 10.1. The number of carbonyl (C=O) groups excluding carboxylic acids is 2. The Labute approximate surface area is 179 Å². The van der Waals surface area contributed by atoms with Crippen LogP contribution in [-0.4, -0.2) is 72.5 Å². The Morgan fingerprint density at radius 2 is 1.53 bits per heavy atom. The fourth-order valence-electron chi connectivity index (χ4n) is 2.31. The van der Waals surface area contributed by atoms with E-state index in [2.05, 4.69) is 4.74 Å². The van der Waals surface area contributed by atoms with E-state index in [1.54, 1.807) is 0 Å². The van der Waals surface area contributed by atoms with E-state index in [1.807, 2.05) is 0 Å². The number of carbonyl (C=O) groups is 3. The molecule has 2 unspecified atom stereocenters. The molecule has 2 aromatic rings. The van der Waals surface area contributed by atoms with E-state index in [0.29, 0.717) is 17.7 Å². The molecule has 0 spiro atoms. The third-order valence-corrected chi connectivity index (χ3v) is 3.94. The van der Waals surface area contributed by atoms with Crippen molar-refractivity contribution < 1.29 is 59.6 Å². The molecule has 170 valence electrons. The summed E-state index contributed by atoms with van der Waals surface area (Å²) < 4.78 is 9.34. The van der Waals surface area contributed by atoms with Crippen LogP contribution in [0.15, 0.2) is 36.4 Å². The molecule has 0 saturated carbocycles. The van der Waals surface area contributed by atoms with E-state index >= 15 is 0 Å². The number of hydrogen-bond acceptors (Lipinski definition) is 11. The summed E-state index contributed by atoms with van der Waals surface area (Å²) in [7, 11) is 0. The minimum Gasteiger partial charge on any atom is -0.504 e. The molecule has 0 aliphatic heterocycles. The third kappa shape index (κ3) is 6.03. The van der Waals surface area contributed by atoms with Crippen molar-refractivity contribution in [3.63, 3.8) is 0 Å². The van der Waals surface area contributed by atoms with Gasteiger partial charge in [0, 0.05) is 6.08 Å². The van der Waals surface area contributed by atoms with Crippen LogP contribution in [0.1, 0.15) is 15.9 Å². The van der Waals surface area contributed by atoms with Gasteiger partial charge in [0.1, 0.15) is 12.7 Å². The van der Waals surface area contributed by atoms with Gasteiger partial charge in [0.05, 0.1) is 5.56 Å². The first kappa shape index (κ1) is 23.8. The van der Waals surface area contributed by atoms with Crippen LogP contribution in [0.25, 0.3) is 6.08 Å². The maximum absolute atomic E-state index is 12.1. The summed E-state index contributed by atoms with van der Waals surface area (Å²) in [4.78, 5) is 35.2. The van der Waals surface area contributed by atoms with Crippen molar-refractivity contribution in [1.82, 2.24) is 0 Å². The molecule has 0 fully saturated rings. The molecule has 2 aromatic carbocycles. The first-order valence-corrected chi connectivity index (χ1v) is 8.73. The van der Waals surface area contributed by atoms with Crippen LogP contribution in [0, 0.1) is 0 Å². The minimum atomic E-state index is -2.17. The average molecular weight is 450 g/mol. The minimum absolute atomic E-state index is 0.329. The van der Waals surface area contributed by atoms with E-state index in [0.717, 1.165) is 12.1 Å². The second kappa shape index (κ2) is 10.0. The Kier molecular flexibility index (Phi) is 7.47. The summed E-state index contributed by atoms with van der Waals surface area (Å²) in [5.41, 5.74) is -0.191. The SMILES string of the molecule is O=C(C=Cc1ccc(O)c(O)c1)OCC(O)C(OC(=O)c1cc(O)c(O)c(O)c1)C(=O)O. The highest BCUT2D eigenvalue weighted by Crippen LogP contribution is 2.35. The zero-order valence-electron chi connectivity index (χ0n) is 16.1. The number of aliphatic hydroxyl groups excluding tert-OH is 1. The van der Waals surface area contributed by atoms with Crippen LogP contribution in [0.2, 0.25) is 0 Å². The zero-order valence-corrected chi connectivity index (χ0v) is 16.1. The summed E-state index contributed by atoms with van der Waals surface area (Å²) in [5, 5.41) is 65.9. The van der Waals surface area contributed by atoms with Crippen LogP contribution in [0.4, 0.5) is 0 Å². The Morgan fingerprint density at radius 1 is 0.906 bits per heavy atom. The first-order chi connectivity index (χ1) is 15.0. The second-order valence-corrected chi connectivity index (χ2v) is 6.31. The zero-order chi connectivity index (χ0) is 24.0. The molecular weight excluding hydrogens is 432 g/mol. The second-order valence-electron chi connectivity index (χ2n) is 6.31. The molecule has 2 atom stereocenters. The average Bonchev–Trinajstić information content (AvgIpc) is 2.74. The van der Waals surface area contributed by atoms with Crippen molar-refractivity contribution in [3.05, 3.63) is 47.5 Å². The lowest BCUT2D eigenvalue weighted by molar-refractivity contribution is -0.159. The van der Waals surface area contributed by atoms with Gasteiger partial charge in [-0.15, -0.1) is 0 Å². The van der Waals surface area contributed by atoms with Gasteiger partial charge < -0.3 is 45.2 Å². The molecule has 12 heteroatoms. The number of phenolic OH excluding ortho intramolecular Hbond substituents is 5.